The van der Waals surface area contributed by atoms with Crippen molar-refractivity contribution in [2.24, 2.45) is 32.4 Å². The van der Waals surface area contributed by atoms with Crippen molar-refractivity contribution in [3.63, 3.8) is 0 Å². The number of nitrogens with zero attached hydrogens (tertiary/aromatic N) is 3. The number of hydrogen-bond donors (Lipinski definition) is 1. The first kappa shape index (κ1) is 21.0. The Morgan fingerprint density at radius 1 is 1.16 bits per heavy atom. The van der Waals surface area contributed by atoms with Crippen molar-refractivity contribution in [3.05, 3.63) is 22.7 Å². The van der Waals surface area contributed by atoms with Crippen LogP contribution in [-0.2, 0) is 14.8 Å². The molecule has 3 aliphatic carbocycles. The molecular weight excluding hydrogens is 424 g/mol. The van der Waals surface area contributed by atoms with Gasteiger partial charge in [0.15, 0.2) is 11.6 Å². The maximum atomic E-state index is 13.6. The molecule has 1 saturated heterocycles. The lowest BCUT2D eigenvalue weighted by molar-refractivity contribution is -0.122. The number of azo groups is 1. The highest BCUT2D eigenvalue weighted by Crippen LogP contribution is 2.60. The van der Waals surface area contributed by atoms with Crippen molar-refractivity contribution in [1.82, 2.24) is 9.62 Å². The van der Waals surface area contributed by atoms with Crippen LogP contribution in [0.4, 0.5) is 0 Å². The van der Waals surface area contributed by atoms with Crippen LogP contribution in [0.1, 0.15) is 72.1 Å². The number of Topliss-reactive ketones (excluding diaryl/α,β-unsaturated/α-hetero) is 1. The molecule has 1 atom stereocenters. The lowest BCUT2D eigenvalue weighted by atomic mass is 9.54. The Balaban J connectivity index is 1.38. The molecule has 2 saturated carbocycles. The highest BCUT2D eigenvalue weighted by molar-refractivity contribution is 7.89. The van der Waals surface area contributed by atoms with Crippen molar-refractivity contribution < 1.29 is 13.2 Å². The molecule has 8 heteroatoms. The first-order valence-corrected chi connectivity index (χ1v) is 13.8. The van der Waals surface area contributed by atoms with Crippen molar-refractivity contribution in [1.29, 1.82) is 0 Å². The molecule has 0 radical (unpaired) electrons. The molecule has 1 N–H and O–H groups in total. The second-order valence-corrected chi connectivity index (χ2v) is 14.5. The minimum absolute atomic E-state index is 0.0516. The Hall–Kier alpha value is -1.54. The summed E-state index contributed by atoms with van der Waals surface area (Å²) in [6, 6.07) is -0.104. The third-order valence-electron chi connectivity index (χ3n) is 8.47. The number of ketones is 1. The fourth-order valence-electron chi connectivity index (χ4n) is 6.62. The summed E-state index contributed by atoms with van der Waals surface area (Å²) >= 11 is 0. The van der Waals surface area contributed by atoms with Crippen LogP contribution in [0.25, 0.3) is 0 Å². The summed E-state index contributed by atoms with van der Waals surface area (Å²) in [5, 5.41) is 12.7. The zero-order valence-electron chi connectivity index (χ0n) is 19.4. The van der Waals surface area contributed by atoms with E-state index >= 15 is 0 Å². The zero-order chi connectivity index (χ0) is 22.5. The molecule has 2 spiro atoms. The highest BCUT2D eigenvalue weighted by Gasteiger charge is 2.62. The first-order chi connectivity index (χ1) is 15.0. The number of carbonyl (C=O) groups is 1. The molecule has 6 aliphatic rings. The van der Waals surface area contributed by atoms with Gasteiger partial charge in [0, 0.05) is 36.4 Å². The van der Waals surface area contributed by atoms with Gasteiger partial charge in [-0.1, -0.05) is 27.2 Å². The maximum Gasteiger partial charge on any atom is 0.214 e. The van der Waals surface area contributed by atoms with Crippen molar-refractivity contribution in [3.8, 4) is 0 Å². The van der Waals surface area contributed by atoms with E-state index in [9.17, 15) is 13.2 Å². The predicted octanol–water partition coefficient (Wildman–Crippen LogP) is 3.90. The van der Waals surface area contributed by atoms with Crippen LogP contribution in [0.2, 0.25) is 0 Å². The van der Waals surface area contributed by atoms with E-state index in [4.69, 9.17) is 0 Å². The molecule has 0 bridgehead atoms. The summed E-state index contributed by atoms with van der Waals surface area (Å²) in [4.78, 5) is 13.6. The van der Waals surface area contributed by atoms with Gasteiger partial charge < -0.3 is 5.32 Å². The van der Waals surface area contributed by atoms with Gasteiger partial charge in [-0.25, -0.2) is 8.42 Å². The van der Waals surface area contributed by atoms with Crippen LogP contribution < -0.4 is 5.32 Å². The van der Waals surface area contributed by atoms with E-state index < -0.39 is 15.4 Å². The third-order valence-corrected chi connectivity index (χ3v) is 10.4. The lowest BCUT2D eigenvalue weighted by Crippen LogP contribution is -2.65. The summed E-state index contributed by atoms with van der Waals surface area (Å²) in [7, 11) is -3.29. The van der Waals surface area contributed by atoms with E-state index in [-0.39, 0.29) is 28.4 Å². The number of rotatable bonds is 4. The molecule has 7 nitrogen and oxygen atoms in total. The Kier molecular flexibility index (Phi) is 4.29. The molecule has 0 amide bonds. The van der Waals surface area contributed by atoms with Gasteiger partial charge in [0.1, 0.15) is 0 Å². The van der Waals surface area contributed by atoms with Crippen molar-refractivity contribution >= 4 is 15.8 Å². The van der Waals surface area contributed by atoms with Crippen LogP contribution in [-0.4, -0.2) is 43.4 Å². The molecule has 0 aromatic heterocycles. The zero-order valence-corrected chi connectivity index (χ0v) is 20.2. The largest absolute Gasteiger partial charge is 0.342 e. The van der Waals surface area contributed by atoms with Gasteiger partial charge in [-0.3, -0.25) is 4.79 Å². The van der Waals surface area contributed by atoms with E-state index in [2.05, 4.69) is 36.3 Å². The molecule has 174 valence electrons. The van der Waals surface area contributed by atoms with Gasteiger partial charge >= 0.3 is 0 Å². The summed E-state index contributed by atoms with van der Waals surface area (Å²) in [6.07, 6.45) is 7.73. The smallest absolute Gasteiger partial charge is 0.214 e. The van der Waals surface area contributed by atoms with Gasteiger partial charge in [-0.2, -0.15) is 9.42 Å². The fourth-order valence-corrected chi connectivity index (χ4v) is 8.59. The van der Waals surface area contributed by atoms with Crippen LogP contribution >= 0.6 is 0 Å². The number of hydrogen-bond acceptors (Lipinski definition) is 6. The molecular formula is C24H34N4O3S. The Morgan fingerprint density at radius 2 is 1.88 bits per heavy atom. The number of carbonyl (C=O) groups excluding carboxylic acids is 1. The van der Waals surface area contributed by atoms with Gasteiger partial charge in [-0.05, 0) is 55.3 Å². The standard InChI is InChI=1S/C24H34N4O3S/c1-22(2,3)9-17-20-21(27-26-17)25-16-10-23(7-4-8-23)11-18(29)19(16)24(20)13-28(14-24)32(30,31)12-15-5-6-15/h15,17,25H,4-14H2,1-3H3. The van der Waals surface area contributed by atoms with E-state index in [1.165, 1.54) is 6.42 Å². The Bertz CT molecular complexity index is 1080. The summed E-state index contributed by atoms with van der Waals surface area (Å²) in [5.74, 6) is 1.55. The van der Waals surface area contributed by atoms with Gasteiger partial charge in [-0.15, -0.1) is 5.11 Å². The number of allylic oxidation sites excluding steroid dienone is 1. The third kappa shape index (κ3) is 3.16. The number of nitrogens with one attached hydrogen (secondary N) is 1. The Labute approximate surface area is 190 Å². The normalized spacial score (nSPS) is 30.8. The number of dihydropyridines is 1. The van der Waals surface area contributed by atoms with Crippen LogP contribution in [0.3, 0.4) is 0 Å². The van der Waals surface area contributed by atoms with Crippen molar-refractivity contribution in [2.45, 2.75) is 78.2 Å². The van der Waals surface area contributed by atoms with Gasteiger partial charge in [0.25, 0.3) is 0 Å². The second-order valence-electron chi connectivity index (χ2n) is 12.4. The SMILES string of the molecule is CC(C)(C)CC1N=NC2=C1C1(CN(S(=O)(=O)CC3CC3)C1)C1=C(CC3(CCC3)CC1=O)N2. The summed E-state index contributed by atoms with van der Waals surface area (Å²) in [5.41, 5.74) is 2.49. The minimum Gasteiger partial charge on any atom is -0.342 e. The first-order valence-electron chi connectivity index (χ1n) is 12.2. The average molecular weight is 459 g/mol. The van der Waals surface area contributed by atoms with Gasteiger partial charge in [0.2, 0.25) is 10.0 Å². The maximum absolute atomic E-state index is 13.6. The predicted molar refractivity (Wildman–Crippen MR) is 121 cm³/mol. The molecule has 3 heterocycles. The minimum atomic E-state index is -3.29. The second kappa shape index (κ2) is 6.53. The molecule has 32 heavy (non-hydrogen) atoms. The topological polar surface area (TPSA) is 91.2 Å². The van der Waals surface area contributed by atoms with Crippen LogP contribution in [0, 0.1) is 22.2 Å². The number of fused-ring (bicyclic) bond motifs is 2. The van der Waals surface area contributed by atoms with Gasteiger partial charge in [0.05, 0.1) is 17.2 Å². The van der Waals surface area contributed by atoms with Crippen LogP contribution in [0.15, 0.2) is 32.9 Å². The van der Waals surface area contributed by atoms with E-state index in [1.54, 1.807) is 4.31 Å². The molecule has 0 aromatic carbocycles. The molecule has 1 unspecified atom stereocenters. The highest BCUT2D eigenvalue weighted by atomic mass is 32.2. The molecule has 0 aromatic rings. The summed E-state index contributed by atoms with van der Waals surface area (Å²) < 4.78 is 27.7. The molecule has 6 rings (SSSR count). The van der Waals surface area contributed by atoms with Crippen molar-refractivity contribution in [2.75, 3.05) is 18.8 Å². The Morgan fingerprint density at radius 3 is 2.47 bits per heavy atom. The number of sulfonamides is 1. The molecule has 3 aliphatic heterocycles. The van der Waals surface area contributed by atoms with Crippen LogP contribution in [0.5, 0.6) is 0 Å². The quantitative estimate of drug-likeness (QED) is 0.692. The molecule has 3 fully saturated rings. The van der Waals surface area contributed by atoms with E-state index in [0.717, 1.165) is 61.2 Å². The van der Waals surface area contributed by atoms with E-state index in [1.807, 2.05) is 0 Å². The fraction of sp³-hybridized carbons (Fsp3) is 0.792. The van der Waals surface area contributed by atoms with E-state index in [0.29, 0.717) is 25.4 Å². The lowest BCUT2D eigenvalue weighted by Gasteiger charge is -2.57. The average Bonchev–Trinajstić information content (AvgIpc) is 3.34. The summed E-state index contributed by atoms with van der Waals surface area (Å²) in [6.45, 7) is 7.30. The monoisotopic (exact) mass is 458 g/mol.